The van der Waals surface area contributed by atoms with Crippen LogP contribution >= 0.6 is 0 Å². The van der Waals surface area contributed by atoms with Crippen molar-refractivity contribution in [1.29, 1.82) is 5.26 Å². The molecule has 2 aromatic carbocycles. The molecule has 0 spiro atoms. The highest BCUT2D eigenvalue weighted by Gasteiger charge is 2.22. The molecule has 26 heavy (non-hydrogen) atoms. The number of para-hydroxylation sites is 1. The molecule has 1 unspecified atom stereocenters. The zero-order valence-corrected chi connectivity index (χ0v) is 14.8. The molecule has 1 atom stereocenters. The molecule has 0 aliphatic rings. The Labute approximate surface area is 152 Å². The molecule has 132 valence electrons. The molecule has 0 radical (unpaired) electrons. The first-order valence-corrected chi connectivity index (χ1v) is 8.48. The van der Waals surface area contributed by atoms with Crippen LogP contribution in [-0.4, -0.2) is 28.5 Å². The third kappa shape index (κ3) is 3.31. The Kier molecular flexibility index (Phi) is 5.04. The van der Waals surface area contributed by atoms with Gasteiger partial charge in [0.25, 0.3) is 5.91 Å². The minimum Gasteiger partial charge on any atom is -0.337 e. The van der Waals surface area contributed by atoms with E-state index in [4.69, 9.17) is 5.26 Å². The molecule has 4 nitrogen and oxygen atoms in total. The number of amides is 1. The predicted molar refractivity (Wildman–Crippen MR) is 99.2 cm³/mol. The maximum Gasteiger partial charge on any atom is 0.270 e. The summed E-state index contributed by atoms with van der Waals surface area (Å²) >= 11 is 0. The van der Waals surface area contributed by atoms with E-state index in [2.05, 4.69) is 6.07 Å². The predicted octanol–water partition coefficient (Wildman–Crippen LogP) is 4.20. The number of hydrogen-bond donors (Lipinski definition) is 0. The van der Waals surface area contributed by atoms with Gasteiger partial charge >= 0.3 is 0 Å². The van der Waals surface area contributed by atoms with Gasteiger partial charge in [-0.05, 0) is 25.1 Å². The summed E-state index contributed by atoms with van der Waals surface area (Å²) in [5, 5.41) is 9.82. The van der Waals surface area contributed by atoms with Crippen LogP contribution in [0.2, 0.25) is 0 Å². The summed E-state index contributed by atoms with van der Waals surface area (Å²) in [4.78, 5) is 14.6. The van der Waals surface area contributed by atoms with Gasteiger partial charge in [-0.15, -0.1) is 0 Å². The van der Waals surface area contributed by atoms with Crippen molar-refractivity contribution in [2.24, 2.45) is 0 Å². The minimum absolute atomic E-state index is 0.180. The van der Waals surface area contributed by atoms with Crippen molar-refractivity contribution in [3.8, 4) is 6.07 Å². The van der Waals surface area contributed by atoms with Crippen molar-refractivity contribution in [3.63, 3.8) is 0 Å². The van der Waals surface area contributed by atoms with Crippen LogP contribution in [0.3, 0.4) is 0 Å². The average molecular weight is 349 g/mol. The molecule has 0 saturated carbocycles. The molecule has 0 fully saturated rings. The quantitative estimate of drug-likeness (QED) is 0.693. The number of aromatic nitrogens is 1. The maximum atomic E-state index is 14.2. The van der Waals surface area contributed by atoms with Crippen LogP contribution in [0.15, 0.2) is 54.6 Å². The van der Waals surface area contributed by atoms with Crippen LogP contribution < -0.4 is 0 Å². The second-order valence-corrected chi connectivity index (χ2v) is 6.39. The maximum absolute atomic E-state index is 14.2. The summed E-state index contributed by atoms with van der Waals surface area (Å²) in [6, 6.07) is 18.0. The fraction of sp³-hybridized carbons (Fsp3) is 0.238. The topological polar surface area (TPSA) is 49.0 Å². The fourth-order valence-corrected chi connectivity index (χ4v) is 3.00. The highest BCUT2D eigenvalue weighted by molar-refractivity contribution is 5.98. The van der Waals surface area contributed by atoms with Crippen LogP contribution in [-0.2, 0) is 6.54 Å². The van der Waals surface area contributed by atoms with Gasteiger partial charge in [-0.25, -0.2) is 4.39 Å². The zero-order chi connectivity index (χ0) is 18.7. The van der Waals surface area contributed by atoms with Gasteiger partial charge in [-0.1, -0.05) is 36.4 Å². The second kappa shape index (κ2) is 7.40. The number of carbonyl (C=O) groups is 1. The lowest BCUT2D eigenvalue weighted by atomic mass is 10.2. The van der Waals surface area contributed by atoms with Crippen LogP contribution in [0.4, 0.5) is 4.39 Å². The SMILES string of the molecule is CC(CC#N)N(C)C(=O)c1cc2ccccc2n1Cc1ccccc1F. The third-order valence-electron chi connectivity index (χ3n) is 4.68. The van der Waals surface area contributed by atoms with Gasteiger partial charge in [0, 0.05) is 29.6 Å². The van der Waals surface area contributed by atoms with E-state index in [1.165, 1.54) is 6.07 Å². The van der Waals surface area contributed by atoms with Crippen LogP contribution in [0, 0.1) is 17.1 Å². The molecule has 0 N–H and O–H groups in total. The molecule has 1 amide bonds. The monoisotopic (exact) mass is 349 g/mol. The van der Waals surface area contributed by atoms with Gasteiger partial charge in [0.2, 0.25) is 0 Å². The number of halogens is 1. The lowest BCUT2D eigenvalue weighted by Crippen LogP contribution is -2.36. The van der Waals surface area contributed by atoms with Crippen molar-refractivity contribution in [1.82, 2.24) is 9.47 Å². The summed E-state index contributed by atoms with van der Waals surface area (Å²) in [5.41, 5.74) is 1.89. The fourth-order valence-electron chi connectivity index (χ4n) is 3.00. The summed E-state index contributed by atoms with van der Waals surface area (Å²) < 4.78 is 16.0. The standard InChI is InChI=1S/C21H20FN3O/c1-15(11-12-23)24(2)21(26)20-13-16-7-4-6-10-19(16)25(20)14-17-8-3-5-9-18(17)22/h3-10,13,15H,11,14H2,1-2H3. The largest absolute Gasteiger partial charge is 0.337 e. The molecular formula is C21H20FN3O. The summed E-state index contributed by atoms with van der Waals surface area (Å²) in [7, 11) is 1.69. The molecule has 3 aromatic rings. The Hall–Kier alpha value is -3.13. The summed E-state index contributed by atoms with van der Waals surface area (Å²) in [6.07, 6.45) is 0.260. The van der Waals surface area contributed by atoms with E-state index in [1.54, 1.807) is 30.1 Å². The van der Waals surface area contributed by atoms with E-state index in [9.17, 15) is 9.18 Å². The van der Waals surface area contributed by atoms with Gasteiger partial charge in [0.05, 0.1) is 19.0 Å². The highest BCUT2D eigenvalue weighted by Crippen LogP contribution is 2.23. The van der Waals surface area contributed by atoms with Crippen molar-refractivity contribution < 1.29 is 9.18 Å². The molecule has 5 heteroatoms. The van der Waals surface area contributed by atoms with E-state index < -0.39 is 0 Å². The minimum atomic E-state index is -0.296. The average Bonchev–Trinajstić information content (AvgIpc) is 3.01. The molecular weight excluding hydrogens is 329 g/mol. The van der Waals surface area contributed by atoms with Gasteiger partial charge < -0.3 is 9.47 Å². The number of rotatable bonds is 5. The number of fused-ring (bicyclic) bond motifs is 1. The number of carbonyl (C=O) groups excluding carboxylic acids is 1. The first kappa shape index (κ1) is 17.7. The Morgan fingerprint density at radius 1 is 1.23 bits per heavy atom. The zero-order valence-electron chi connectivity index (χ0n) is 14.8. The van der Waals surface area contributed by atoms with Crippen LogP contribution in [0.1, 0.15) is 29.4 Å². The molecule has 3 rings (SSSR count). The Morgan fingerprint density at radius 3 is 2.65 bits per heavy atom. The number of nitrogens with zero attached hydrogens (tertiary/aromatic N) is 3. The number of benzene rings is 2. The van der Waals surface area contributed by atoms with Crippen molar-refractivity contribution in [2.75, 3.05) is 7.05 Å². The van der Waals surface area contributed by atoms with Crippen molar-refractivity contribution in [3.05, 3.63) is 71.7 Å². The lowest BCUT2D eigenvalue weighted by molar-refractivity contribution is 0.0736. The smallest absolute Gasteiger partial charge is 0.270 e. The molecule has 0 aliphatic heterocycles. The first-order valence-electron chi connectivity index (χ1n) is 8.48. The van der Waals surface area contributed by atoms with Crippen molar-refractivity contribution >= 4 is 16.8 Å². The molecule has 0 aliphatic carbocycles. The molecule has 0 bridgehead atoms. The van der Waals surface area contributed by atoms with E-state index >= 15 is 0 Å². The highest BCUT2D eigenvalue weighted by atomic mass is 19.1. The molecule has 1 heterocycles. The van der Waals surface area contributed by atoms with E-state index in [0.717, 1.165) is 10.9 Å². The van der Waals surface area contributed by atoms with Crippen molar-refractivity contribution in [2.45, 2.75) is 25.9 Å². The van der Waals surface area contributed by atoms with Gasteiger partial charge in [-0.2, -0.15) is 5.26 Å². The van der Waals surface area contributed by atoms with Gasteiger partial charge in [-0.3, -0.25) is 4.79 Å². The Balaban J connectivity index is 2.07. The van der Waals surface area contributed by atoms with Crippen LogP contribution in [0.5, 0.6) is 0 Å². The Morgan fingerprint density at radius 2 is 1.92 bits per heavy atom. The van der Waals surface area contributed by atoms with E-state index in [-0.39, 0.29) is 30.7 Å². The molecule has 1 aromatic heterocycles. The normalized spacial score (nSPS) is 11.9. The van der Waals surface area contributed by atoms with E-state index in [0.29, 0.717) is 11.3 Å². The van der Waals surface area contributed by atoms with Gasteiger partial charge in [0.15, 0.2) is 0 Å². The van der Waals surface area contributed by atoms with Gasteiger partial charge in [0.1, 0.15) is 11.5 Å². The molecule has 0 saturated heterocycles. The first-order chi connectivity index (χ1) is 12.5. The second-order valence-electron chi connectivity index (χ2n) is 6.39. The summed E-state index contributed by atoms with van der Waals surface area (Å²) in [5.74, 6) is -0.477. The number of nitriles is 1. The van der Waals surface area contributed by atoms with E-state index in [1.807, 2.05) is 41.8 Å². The summed E-state index contributed by atoms with van der Waals surface area (Å²) in [6.45, 7) is 2.10. The number of hydrogen-bond acceptors (Lipinski definition) is 2. The third-order valence-corrected chi connectivity index (χ3v) is 4.68. The van der Waals surface area contributed by atoms with Crippen LogP contribution in [0.25, 0.3) is 10.9 Å². The lowest BCUT2D eigenvalue weighted by Gasteiger charge is -2.23. The Bertz CT molecular complexity index is 986.